The molecule has 7 heteroatoms. The highest BCUT2D eigenvalue weighted by molar-refractivity contribution is 5.97. The van der Waals surface area contributed by atoms with Crippen LogP contribution in [0.4, 0.5) is 0 Å². The lowest BCUT2D eigenvalue weighted by molar-refractivity contribution is -0.157. The van der Waals surface area contributed by atoms with Gasteiger partial charge in [0.15, 0.2) is 11.5 Å². The number of nitrogens with zero attached hydrogens (tertiary/aromatic N) is 2. The maximum Gasteiger partial charge on any atom is 0.245 e. The van der Waals surface area contributed by atoms with E-state index in [9.17, 15) is 11.0 Å². The first-order valence-corrected chi connectivity index (χ1v) is 8.37. The Kier molecular flexibility index (Phi) is 1.47. The molecule has 1 aromatic heterocycles. The third-order valence-electron chi connectivity index (χ3n) is 4.79. The molecule has 0 radical (unpaired) electrons. The van der Waals surface area contributed by atoms with E-state index in [4.69, 9.17) is 28.7 Å². The Morgan fingerprint density at radius 3 is 3.00 bits per heavy atom. The molecule has 0 saturated carbocycles. The lowest BCUT2D eigenvalue weighted by Gasteiger charge is -2.46. The Bertz CT molecular complexity index is 1860. The molecule has 0 spiro atoms. The van der Waals surface area contributed by atoms with E-state index in [2.05, 4.69) is 4.98 Å². The van der Waals surface area contributed by atoms with E-state index in [0.717, 1.165) is 0 Å². The lowest BCUT2D eigenvalue weighted by atomic mass is 9.86. The van der Waals surface area contributed by atoms with E-state index in [1.165, 1.54) is 0 Å². The number of amides is 2. The van der Waals surface area contributed by atoms with Crippen molar-refractivity contribution in [2.75, 3.05) is 20.3 Å². The highest BCUT2D eigenvalue weighted by atomic mass is 16.7. The third kappa shape index (κ3) is 2.24. The number of hydrogen-bond acceptors (Lipinski definition) is 4. The van der Waals surface area contributed by atoms with Crippen molar-refractivity contribution >= 4 is 22.7 Å². The highest BCUT2D eigenvalue weighted by Crippen LogP contribution is 2.44. The predicted molar refractivity (Wildman–Crippen MR) is 105 cm³/mol. The average Bonchev–Trinajstić information content (AvgIpc) is 3.48. The standard InChI is InChI=1S/C22H19N3O4/c1-24-10-19(26)25-16(22(24)27)9-14-13-4-2-3-5-15(13)23-20(14)21(25)12-6-7-17-18(8-12)29-11-28-17/h2-8,16,21,23H,9-11H2,1H3/t16-,21-/m1/s1/i1D3,2D,3D,4D,5D,6D,7D,8D,9D2,11D2,21D. The van der Waals surface area contributed by atoms with Crippen molar-refractivity contribution in [3.8, 4) is 11.5 Å². The molecular formula is C22H19N3O4. The molecule has 6 rings (SSSR count). The molecule has 2 amide bonds. The zero-order valence-electron chi connectivity index (χ0n) is 29.3. The van der Waals surface area contributed by atoms with Crippen LogP contribution < -0.4 is 9.47 Å². The van der Waals surface area contributed by atoms with Crippen molar-refractivity contribution in [1.29, 1.82) is 0 Å². The summed E-state index contributed by atoms with van der Waals surface area (Å²) in [5.41, 5.74) is -2.78. The second-order valence-electron chi connectivity index (χ2n) is 6.40. The first-order chi connectivity index (χ1) is 20.1. The SMILES string of the molecule is [2H]c1c([2H])c([C@]2([2H])c3[nH]c4c([2H])c([2H])c([2H])c([2H])c4c3C([2H])([2H])[C@@H]3C(=O)N(C([2H])([2H])[2H])CC(=O)N32)c([2H])c2c1OC([2H])([2H])O2. The summed E-state index contributed by atoms with van der Waals surface area (Å²) in [5, 5.41) is -0.528. The Balaban J connectivity index is 1.80. The molecule has 0 bridgehead atoms. The number of fused-ring (bicyclic) bond motifs is 5. The summed E-state index contributed by atoms with van der Waals surface area (Å²) in [4.78, 5) is 30.6. The fourth-order valence-electron chi connectivity index (χ4n) is 3.55. The lowest BCUT2D eigenvalue weighted by Crippen LogP contribution is -2.62. The van der Waals surface area contributed by atoms with Gasteiger partial charge in [0.25, 0.3) is 0 Å². The maximum absolute atomic E-state index is 13.8. The number of carbonyl (C=O) groups is 2. The largest absolute Gasteiger partial charge is 0.454 e. The summed E-state index contributed by atoms with van der Waals surface area (Å²) < 4.78 is 136. The summed E-state index contributed by atoms with van der Waals surface area (Å²) in [6.07, 6.45) is -3.13. The van der Waals surface area contributed by atoms with Crippen molar-refractivity contribution in [3.05, 3.63) is 59.1 Å². The Labute approximate surface area is 187 Å². The van der Waals surface area contributed by atoms with Crippen molar-refractivity contribution in [1.82, 2.24) is 14.8 Å². The summed E-state index contributed by atoms with van der Waals surface area (Å²) >= 11 is 0. The van der Waals surface area contributed by atoms with Crippen LogP contribution in [0.5, 0.6) is 11.5 Å². The summed E-state index contributed by atoms with van der Waals surface area (Å²) in [6.45, 7) is -7.33. The van der Waals surface area contributed by atoms with Gasteiger partial charge < -0.3 is 24.3 Å². The van der Waals surface area contributed by atoms with Gasteiger partial charge in [-0.05, 0) is 29.3 Å². The van der Waals surface area contributed by atoms with E-state index in [-0.39, 0.29) is 4.90 Å². The second kappa shape index (κ2) is 5.76. The monoisotopic (exact) mass is 404 g/mol. The van der Waals surface area contributed by atoms with Crippen LogP contribution >= 0.6 is 0 Å². The number of likely N-dealkylation sites (N-methyl/N-ethyl adjacent to an activating group) is 1. The molecule has 3 aliphatic rings. The van der Waals surface area contributed by atoms with E-state index in [0.29, 0.717) is 4.90 Å². The third-order valence-corrected chi connectivity index (χ3v) is 4.79. The van der Waals surface area contributed by atoms with Gasteiger partial charge in [0.05, 0.1) is 23.5 Å². The van der Waals surface area contributed by atoms with Crippen LogP contribution in [0.15, 0.2) is 42.3 Å². The van der Waals surface area contributed by atoms with Crippen LogP contribution in [0, 0.1) is 0 Å². The number of aromatic amines is 1. The van der Waals surface area contributed by atoms with Crippen molar-refractivity contribution in [3.63, 3.8) is 0 Å². The molecule has 1 saturated heterocycles. The second-order valence-corrected chi connectivity index (χ2v) is 6.40. The smallest absolute Gasteiger partial charge is 0.245 e. The molecule has 2 aromatic carbocycles. The number of carbonyl (C=O) groups excluding carboxylic acids is 2. The van der Waals surface area contributed by atoms with Crippen molar-refractivity contribution in [2.45, 2.75) is 18.4 Å². The highest BCUT2D eigenvalue weighted by Gasteiger charge is 2.47. The predicted octanol–water partition coefficient (Wildman–Crippen LogP) is 2.21. The van der Waals surface area contributed by atoms with Crippen LogP contribution in [0.3, 0.4) is 0 Å². The molecule has 3 aliphatic heterocycles. The summed E-state index contributed by atoms with van der Waals surface area (Å²) in [5.74, 6) is -4.23. The molecule has 4 heterocycles. The van der Waals surface area contributed by atoms with Gasteiger partial charge in [-0.1, -0.05) is 24.2 Å². The normalized spacial score (nSPS) is 36.7. The van der Waals surface area contributed by atoms with Gasteiger partial charge in [-0.15, -0.1) is 0 Å². The van der Waals surface area contributed by atoms with Gasteiger partial charge in [0.1, 0.15) is 8.78 Å². The fourth-order valence-corrected chi connectivity index (χ4v) is 3.55. The number of nitrogens with one attached hydrogen (secondary N) is 1. The van der Waals surface area contributed by atoms with Crippen molar-refractivity contribution in [2.24, 2.45) is 0 Å². The Morgan fingerprint density at radius 2 is 2.10 bits per heavy atom. The zero-order chi connectivity index (χ0) is 32.8. The van der Waals surface area contributed by atoms with E-state index in [1.807, 2.05) is 0 Å². The fraction of sp³-hybridized carbons (Fsp3) is 0.273. The van der Waals surface area contributed by atoms with Gasteiger partial charge >= 0.3 is 0 Å². The number of aromatic nitrogens is 1. The average molecular weight is 405 g/mol. The van der Waals surface area contributed by atoms with E-state index < -0.39 is 132 Å². The minimum Gasteiger partial charge on any atom is -0.454 e. The summed E-state index contributed by atoms with van der Waals surface area (Å²) in [7, 11) is 0. The number of benzene rings is 2. The number of rotatable bonds is 1. The van der Waals surface area contributed by atoms with Crippen LogP contribution in [-0.4, -0.2) is 52.9 Å². The van der Waals surface area contributed by atoms with Crippen LogP contribution in [0.1, 0.15) is 43.4 Å². The zero-order valence-corrected chi connectivity index (χ0v) is 14.3. The maximum atomic E-state index is 13.8. The quantitative estimate of drug-likeness (QED) is 0.675. The molecule has 3 aromatic rings. The number of H-pyrrole nitrogens is 1. The first-order valence-electron chi connectivity index (χ1n) is 15.9. The van der Waals surface area contributed by atoms with Gasteiger partial charge in [-0.25, -0.2) is 0 Å². The summed E-state index contributed by atoms with van der Waals surface area (Å²) in [6, 6.07) is -11.5. The molecule has 0 aliphatic carbocycles. The van der Waals surface area contributed by atoms with E-state index in [1.54, 1.807) is 0 Å². The Morgan fingerprint density at radius 1 is 1.24 bits per heavy atom. The van der Waals surface area contributed by atoms with Gasteiger partial charge in [0.2, 0.25) is 18.6 Å². The molecule has 1 N–H and O–H groups in total. The topological polar surface area (TPSA) is 74.9 Å². The van der Waals surface area contributed by atoms with Crippen LogP contribution in [0.25, 0.3) is 10.9 Å². The van der Waals surface area contributed by atoms with Gasteiger partial charge in [-0.2, -0.15) is 0 Å². The van der Waals surface area contributed by atoms with Crippen LogP contribution in [-0.2, 0) is 16.0 Å². The Hall–Kier alpha value is -3.48. The molecule has 29 heavy (non-hydrogen) atoms. The molecule has 146 valence electrons. The molecular weight excluding hydrogens is 370 g/mol. The minimum absolute atomic E-state index is 0.122. The number of ether oxygens (including phenoxy) is 2. The van der Waals surface area contributed by atoms with E-state index >= 15 is 0 Å². The number of hydrogen-bond donors (Lipinski definition) is 1. The molecule has 0 unspecified atom stereocenters. The van der Waals surface area contributed by atoms with Gasteiger partial charge in [-0.3, -0.25) is 9.59 Å². The van der Waals surface area contributed by atoms with Crippen molar-refractivity contribution < 1.29 is 39.6 Å². The van der Waals surface area contributed by atoms with Gasteiger partial charge in [0, 0.05) is 36.8 Å². The van der Waals surface area contributed by atoms with Crippen LogP contribution in [0.2, 0.25) is 0 Å². The first kappa shape index (κ1) is 7.40. The minimum atomic E-state index is -3.25. The molecule has 7 nitrogen and oxygen atoms in total. The molecule has 2 atom stereocenters. The number of piperazine rings is 1. The number of para-hydroxylation sites is 1. The molecule has 1 fully saturated rings.